The van der Waals surface area contributed by atoms with Gasteiger partial charge in [-0.15, -0.1) is 0 Å². The molecule has 0 aliphatic heterocycles. The highest BCUT2D eigenvalue weighted by atomic mass is 32.2. The molecule has 18 heteroatoms. The first-order valence-electron chi connectivity index (χ1n) is 10.4. The Balaban J connectivity index is 2.21. The fourth-order valence-electron chi connectivity index (χ4n) is 2.58. The number of aromatic nitrogens is 2. The molecule has 16 nitrogen and oxygen atoms in total. The minimum absolute atomic E-state index is 0.0342. The number of amides is 3. The summed E-state index contributed by atoms with van der Waals surface area (Å²) in [6.45, 7) is 1.38. The quantitative estimate of drug-likeness (QED) is 0.232. The van der Waals surface area contributed by atoms with E-state index in [1.807, 2.05) is 0 Å². The van der Waals surface area contributed by atoms with Crippen LogP contribution in [0.3, 0.4) is 0 Å². The molecule has 3 amide bonds. The van der Waals surface area contributed by atoms with Crippen LogP contribution < -0.4 is 29.6 Å². The molecular formula is C20H24N6O10S2. The van der Waals surface area contributed by atoms with Crippen LogP contribution in [0.2, 0.25) is 0 Å². The maximum Gasteiger partial charge on any atom is 0.417 e. The monoisotopic (exact) mass is 572 g/mol. The zero-order valence-corrected chi connectivity index (χ0v) is 22.2. The Morgan fingerprint density at radius 1 is 1.00 bits per heavy atom. The van der Waals surface area contributed by atoms with Crippen LogP contribution in [0.5, 0.6) is 11.8 Å². The van der Waals surface area contributed by atoms with E-state index in [1.165, 1.54) is 26.4 Å². The third kappa shape index (κ3) is 8.66. The highest BCUT2D eigenvalue weighted by Gasteiger charge is 2.26. The molecular weight excluding hydrogens is 548 g/mol. The number of nitrogens with one attached hydrogen (secondary N) is 4. The van der Waals surface area contributed by atoms with Gasteiger partial charge in [0.05, 0.1) is 46.1 Å². The molecule has 0 bridgehead atoms. The maximum absolute atomic E-state index is 13.0. The Hall–Kier alpha value is -4.32. The molecule has 0 saturated heterocycles. The van der Waals surface area contributed by atoms with Gasteiger partial charge in [-0.3, -0.25) is 14.8 Å². The first-order valence-corrected chi connectivity index (χ1v) is 12.7. The number of urea groups is 1. The molecule has 0 saturated carbocycles. The number of methoxy groups -OCH3 is 3. The second-order valence-electron chi connectivity index (χ2n) is 6.69. The molecule has 0 unspecified atom stereocenters. The third-order valence-electron chi connectivity index (χ3n) is 4.19. The van der Waals surface area contributed by atoms with Gasteiger partial charge in [-0.1, -0.05) is 0 Å². The van der Waals surface area contributed by atoms with Gasteiger partial charge in [-0.05, 0) is 25.1 Å². The number of carbonyl (C=O) groups is 4. The lowest BCUT2D eigenvalue weighted by Crippen LogP contribution is -2.35. The van der Waals surface area contributed by atoms with E-state index in [2.05, 4.69) is 34.8 Å². The predicted molar refractivity (Wildman–Crippen MR) is 134 cm³/mol. The standard InChI is InChI=1S/C20H24N6O10S2/c1-5-36-20(30)25-37-16(27)10-21-11-6-7-12(17(28)35-4)13(8-11)38(31,32)26-19(29)24-18-22-14(33-2)9-15(23-18)34-3/h6-9,21H,5,10H2,1-4H3,(H,25,30)(H2,22,23,24,26,29). The van der Waals surface area contributed by atoms with Crippen LogP contribution in [0.15, 0.2) is 29.2 Å². The summed E-state index contributed by atoms with van der Waals surface area (Å²) < 4.78 is 49.1. The molecule has 0 spiro atoms. The number of benzene rings is 1. The minimum Gasteiger partial charge on any atom is -0.481 e. The summed E-state index contributed by atoms with van der Waals surface area (Å²) in [6, 6.07) is 3.54. The molecule has 4 N–H and O–H groups in total. The minimum atomic E-state index is -4.67. The molecule has 1 aromatic carbocycles. The predicted octanol–water partition coefficient (Wildman–Crippen LogP) is 1.12. The number of hydrogen-bond acceptors (Lipinski definition) is 14. The van der Waals surface area contributed by atoms with Gasteiger partial charge in [-0.2, -0.15) is 9.97 Å². The highest BCUT2D eigenvalue weighted by Crippen LogP contribution is 2.22. The van der Waals surface area contributed by atoms with E-state index in [-0.39, 0.29) is 42.1 Å². The second-order valence-corrected chi connectivity index (χ2v) is 9.20. The van der Waals surface area contributed by atoms with Crippen molar-refractivity contribution < 1.29 is 46.5 Å². The van der Waals surface area contributed by atoms with Gasteiger partial charge < -0.3 is 24.3 Å². The average Bonchev–Trinajstić information content (AvgIpc) is 2.89. The molecule has 0 fully saturated rings. The molecule has 1 aromatic heterocycles. The molecule has 0 aliphatic rings. The van der Waals surface area contributed by atoms with E-state index in [0.717, 1.165) is 19.2 Å². The summed E-state index contributed by atoms with van der Waals surface area (Å²) in [7, 11) is -0.995. The average molecular weight is 573 g/mol. The number of nitrogens with zero attached hydrogens (tertiary/aromatic N) is 2. The molecule has 0 aliphatic carbocycles. The Morgan fingerprint density at radius 2 is 1.66 bits per heavy atom. The summed E-state index contributed by atoms with van der Waals surface area (Å²) >= 11 is 0.466. The van der Waals surface area contributed by atoms with Crippen LogP contribution in [0, 0.1) is 0 Å². The van der Waals surface area contributed by atoms with Gasteiger partial charge in [0.25, 0.3) is 10.0 Å². The molecule has 38 heavy (non-hydrogen) atoms. The lowest BCUT2D eigenvalue weighted by Gasteiger charge is -2.13. The van der Waals surface area contributed by atoms with Gasteiger partial charge in [0.15, 0.2) is 0 Å². The highest BCUT2D eigenvalue weighted by molar-refractivity contribution is 8.12. The topological polar surface area (TPSA) is 213 Å². The number of hydrogen-bond donors (Lipinski definition) is 4. The maximum atomic E-state index is 13.0. The van der Waals surface area contributed by atoms with Crippen molar-refractivity contribution in [3.05, 3.63) is 29.8 Å². The van der Waals surface area contributed by atoms with Gasteiger partial charge in [-0.25, -0.2) is 27.5 Å². The molecule has 0 radical (unpaired) electrons. The van der Waals surface area contributed by atoms with Crippen molar-refractivity contribution in [2.75, 3.05) is 45.1 Å². The fraction of sp³-hybridized carbons (Fsp3) is 0.300. The number of esters is 1. The smallest absolute Gasteiger partial charge is 0.417 e. The SMILES string of the molecule is CCOC(=O)NSC(=O)CNc1ccc(C(=O)OC)c(S(=O)(=O)NC(=O)Nc2nc(OC)cc(OC)n2)c1. The molecule has 0 atom stereocenters. The Morgan fingerprint density at radius 3 is 2.24 bits per heavy atom. The van der Waals surface area contributed by atoms with E-state index in [0.29, 0.717) is 11.9 Å². The molecule has 1 heterocycles. The Bertz CT molecular complexity index is 1280. The summed E-state index contributed by atoms with van der Waals surface area (Å²) in [4.78, 5) is 55.0. The fourth-order valence-corrected chi connectivity index (χ4v) is 4.10. The first-order chi connectivity index (χ1) is 18.0. The van der Waals surface area contributed by atoms with Crippen molar-refractivity contribution in [2.24, 2.45) is 0 Å². The summed E-state index contributed by atoms with van der Waals surface area (Å²) in [5.41, 5.74) is -0.285. The van der Waals surface area contributed by atoms with Gasteiger partial charge >= 0.3 is 18.1 Å². The summed E-state index contributed by atoms with van der Waals surface area (Å²) in [5, 5.41) is 4.26. The van der Waals surface area contributed by atoms with Gasteiger partial charge in [0.2, 0.25) is 22.8 Å². The number of anilines is 2. The second kappa shape index (κ2) is 13.8. The molecule has 206 valence electrons. The van der Waals surface area contributed by atoms with Crippen molar-refractivity contribution in [3.8, 4) is 11.8 Å². The van der Waals surface area contributed by atoms with E-state index in [1.54, 1.807) is 11.6 Å². The van der Waals surface area contributed by atoms with Gasteiger partial charge in [0.1, 0.15) is 4.90 Å². The Labute approximate surface area is 221 Å². The molecule has 2 rings (SSSR count). The van der Waals surface area contributed by atoms with Crippen LogP contribution >= 0.6 is 11.9 Å². The van der Waals surface area contributed by atoms with Crippen LogP contribution in [0.1, 0.15) is 17.3 Å². The lowest BCUT2D eigenvalue weighted by molar-refractivity contribution is -0.109. The van der Waals surface area contributed by atoms with Crippen molar-refractivity contribution in [1.29, 1.82) is 0 Å². The van der Waals surface area contributed by atoms with Crippen molar-refractivity contribution >= 4 is 56.8 Å². The van der Waals surface area contributed by atoms with Crippen LogP contribution in [0.25, 0.3) is 0 Å². The third-order valence-corrected chi connectivity index (χ3v) is 6.20. The molecule has 2 aromatic rings. The zero-order valence-electron chi connectivity index (χ0n) is 20.5. The van der Waals surface area contributed by atoms with Crippen LogP contribution in [0.4, 0.5) is 21.2 Å². The number of rotatable bonds is 10. The van der Waals surface area contributed by atoms with E-state index in [9.17, 15) is 27.6 Å². The first kappa shape index (κ1) is 29.9. The van der Waals surface area contributed by atoms with Crippen molar-refractivity contribution in [1.82, 2.24) is 19.4 Å². The number of sulfonamides is 1. The Kier molecular flexibility index (Phi) is 10.9. The van der Waals surface area contributed by atoms with Crippen molar-refractivity contribution in [3.63, 3.8) is 0 Å². The lowest BCUT2D eigenvalue weighted by atomic mass is 10.2. The van der Waals surface area contributed by atoms with E-state index < -0.39 is 38.1 Å². The van der Waals surface area contributed by atoms with Crippen molar-refractivity contribution in [2.45, 2.75) is 11.8 Å². The summed E-state index contributed by atoms with van der Waals surface area (Å²) in [5.74, 6) is -1.26. The van der Waals surface area contributed by atoms with Crippen LogP contribution in [-0.4, -0.2) is 76.1 Å². The largest absolute Gasteiger partial charge is 0.481 e. The normalized spacial score (nSPS) is 10.5. The summed E-state index contributed by atoms with van der Waals surface area (Å²) in [6.07, 6.45) is -0.802. The zero-order chi connectivity index (χ0) is 28.3. The number of carbonyl (C=O) groups excluding carboxylic acids is 4. The van der Waals surface area contributed by atoms with E-state index >= 15 is 0 Å². The van der Waals surface area contributed by atoms with E-state index in [4.69, 9.17) is 9.47 Å². The van der Waals surface area contributed by atoms with Gasteiger partial charge in [0, 0.05) is 17.6 Å². The number of ether oxygens (including phenoxy) is 4. The van der Waals surface area contributed by atoms with Crippen LogP contribution in [-0.2, 0) is 24.3 Å².